The Morgan fingerprint density at radius 1 is 1.40 bits per heavy atom. The Morgan fingerprint density at radius 3 is 2.60 bits per heavy atom. The minimum atomic E-state index is -0.571. The molecule has 0 spiro atoms. The summed E-state index contributed by atoms with van der Waals surface area (Å²) in [6, 6.07) is 0. The molecule has 1 N–H and O–H groups in total. The lowest BCUT2D eigenvalue weighted by Gasteiger charge is -2.27. The second-order valence-corrected chi connectivity index (χ2v) is 5.72. The van der Waals surface area contributed by atoms with Crippen LogP contribution in [0.2, 0.25) is 0 Å². The van der Waals surface area contributed by atoms with Crippen LogP contribution in [0.1, 0.15) is 45.4 Å². The van der Waals surface area contributed by atoms with Crippen molar-refractivity contribution in [1.29, 1.82) is 0 Å². The van der Waals surface area contributed by atoms with Crippen LogP contribution in [0.25, 0.3) is 0 Å². The van der Waals surface area contributed by atoms with Gasteiger partial charge in [-0.3, -0.25) is 4.79 Å². The highest BCUT2D eigenvalue weighted by Gasteiger charge is 2.28. The lowest BCUT2D eigenvalue weighted by molar-refractivity contribution is -0.144. The number of hydrogen-bond acceptors (Lipinski definition) is 2. The Kier molecular flexibility index (Phi) is 6.15. The van der Waals surface area contributed by atoms with E-state index < -0.39 is 5.97 Å². The van der Waals surface area contributed by atoms with E-state index in [1.807, 2.05) is 11.8 Å². The number of rotatable bonds is 6. The maximum absolute atomic E-state index is 11.2. The summed E-state index contributed by atoms with van der Waals surface area (Å²) in [7, 11) is 0. The summed E-state index contributed by atoms with van der Waals surface area (Å²) in [4.78, 5) is 11.2. The minimum Gasteiger partial charge on any atom is -0.481 e. The predicted molar refractivity (Wildman–Crippen MR) is 65.3 cm³/mol. The summed E-state index contributed by atoms with van der Waals surface area (Å²) in [5, 5.41) is 9.22. The first kappa shape index (κ1) is 12.9. The molecule has 0 bridgehead atoms. The summed E-state index contributed by atoms with van der Waals surface area (Å²) >= 11 is 1.85. The van der Waals surface area contributed by atoms with Gasteiger partial charge in [0.05, 0.1) is 5.92 Å². The zero-order chi connectivity index (χ0) is 11.1. The molecule has 15 heavy (non-hydrogen) atoms. The van der Waals surface area contributed by atoms with Crippen molar-refractivity contribution in [3.8, 4) is 0 Å². The third kappa shape index (κ3) is 4.45. The summed E-state index contributed by atoms with van der Waals surface area (Å²) in [5.41, 5.74) is 0. The van der Waals surface area contributed by atoms with Crippen LogP contribution in [0.4, 0.5) is 0 Å². The molecule has 0 aromatic heterocycles. The highest BCUT2D eigenvalue weighted by molar-refractivity contribution is 7.99. The molecule has 0 saturated heterocycles. The van der Waals surface area contributed by atoms with Gasteiger partial charge in [0.2, 0.25) is 0 Å². The van der Waals surface area contributed by atoms with Gasteiger partial charge in [-0.05, 0) is 36.7 Å². The maximum Gasteiger partial charge on any atom is 0.306 e. The van der Waals surface area contributed by atoms with Crippen LogP contribution in [0, 0.1) is 11.8 Å². The van der Waals surface area contributed by atoms with Crippen LogP contribution in [0.3, 0.4) is 0 Å². The molecule has 1 aliphatic rings. The van der Waals surface area contributed by atoms with Gasteiger partial charge in [0, 0.05) is 0 Å². The molecule has 0 aliphatic heterocycles. The molecule has 0 aromatic carbocycles. The lowest BCUT2D eigenvalue weighted by Crippen LogP contribution is -2.26. The van der Waals surface area contributed by atoms with Gasteiger partial charge < -0.3 is 5.11 Å². The van der Waals surface area contributed by atoms with E-state index >= 15 is 0 Å². The number of carbonyl (C=O) groups is 1. The van der Waals surface area contributed by atoms with E-state index in [1.165, 1.54) is 19.3 Å². The summed E-state index contributed by atoms with van der Waals surface area (Å²) in [6.45, 7) is 2.13. The van der Waals surface area contributed by atoms with Crippen molar-refractivity contribution in [3.63, 3.8) is 0 Å². The second kappa shape index (κ2) is 7.15. The van der Waals surface area contributed by atoms with Gasteiger partial charge in [-0.1, -0.05) is 26.2 Å². The number of hydrogen-bond donors (Lipinski definition) is 1. The van der Waals surface area contributed by atoms with Crippen LogP contribution >= 0.6 is 11.8 Å². The average Bonchev–Trinajstić information content (AvgIpc) is 2.25. The number of aliphatic carboxylic acids is 1. The summed E-state index contributed by atoms with van der Waals surface area (Å²) < 4.78 is 0. The van der Waals surface area contributed by atoms with E-state index in [4.69, 9.17) is 0 Å². The molecular weight excluding hydrogens is 208 g/mol. The van der Waals surface area contributed by atoms with Crippen LogP contribution in [0.5, 0.6) is 0 Å². The van der Waals surface area contributed by atoms with E-state index in [2.05, 4.69) is 6.92 Å². The van der Waals surface area contributed by atoms with Crippen LogP contribution in [-0.2, 0) is 4.79 Å². The Balaban J connectivity index is 2.37. The average molecular weight is 230 g/mol. The van der Waals surface area contributed by atoms with Gasteiger partial charge in [-0.25, -0.2) is 0 Å². The molecule has 0 radical (unpaired) electrons. The lowest BCUT2D eigenvalue weighted by atomic mass is 9.79. The molecule has 88 valence electrons. The summed E-state index contributed by atoms with van der Waals surface area (Å²) in [5.74, 6) is 1.90. The standard InChI is InChI=1S/C12H22O2S/c1-2-15-9-8-11(12(13)14)10-6-4-3-5-7-10/h10-11H,2-9H2,1H3,(H,13,14). The van der Waals surface area contributed by atoms with Gasteiger partial charge in [0.25, 0.3) is 0 Å². The fraction of sp³-hybridized carbons (Fsp3) is 0.917. The highest BCUT2D eigenvalue weighted by Crippen LogP contribution is 2.32. The van der Waals surface area contributed by atoms with E-state index in [1.54, 1.807) is 0 Å². The van der Waals surface area contributed by atoms with Crippen molar-refractivity contribution in [2.75, 3.05) is 11.5 Å². The van der Waals surface area contributed by atoms with Gasteiger partial charge >= 0.3 is 5.97 Å². The Morgan fingerprint density at radius 2 is 2.07 bits per heavy atom. The van der Waals surface area contributed by atoms with E-state index in [0.29, 0.717) is 5.92 Å². The van der Waals surface area contributed by atoms with Crippen LogP contribution in [-0.4, -0.2) is 22.6 Å². The molecule has 1 fully saturated rings. The van der Waals surface area contributed by atoms with Gasteiger partial charge in [0.15, 0.2) is 0 Å². The topological polar surface area (TPSA) is 37.3 Å². The summed E-state index contributed by atoms with van der Waals surface area (Å²) in [6.07, 6.45) is 6.89. The van der Waals surface area contributed by atoms with E-state index in [9.17, 15) is 9.90 Å². The fourth-order valence-electron chi connectivity index (χ4n) is 2.45. The van der Waals surface area contributed by atoms with Gasteiger partial charge in [-0.15, -0.1) is 0 Å². The highest BCUT2D eigenvalue weighted by atomic mass is 32.2. The van der Waals surface area contributed by atoms with Crippen molar-refractivity contribution in [2.45, 2.75) is 45.4 Å². The molecule has 3 heteroatoms. The minimum absolute atomic E-state index is 0.0793. The smallest absolute Gasteiger partial charge is 0.306 e. The van der Waals surface area contributed by atoms with Crippen LogP contribution in [0.15, 0.2) is 0 Å². The predicted octanol–water partition coefficient (Wildman–Crippen LogP) is 3.41. The largest absolute Gasteiger partial charge is 0.481 e. The van der Waals surface area contributed by atoms with Crippen molar-refractivity contribution in [1.82, 2.24) is 0 Å². The van der Waals surface area contributed by atoms with E-state index in [0.717, 1.165) is 30.8 Å². The van der Waals surface area contributed by atoms with Crippen molar-refractivity contribution in [3.05, 3.63) is 0 Å². The number of carboxylic acids is 1. The zero-order valence-corrected chi connectivity index (χ0v) is 10.4. The molecule has 1 rings (SSSR count). The second-order valence-electron chi connectivity index (χ2n) is 4.33. The normalized spacial score (nSPS) is 20.1. The molecule has 0 heterocycles. The third-order valence-corrected chi connectivity index (χ3v) is 4.25. The molecule has 1 atom stereocenters. The first-order valence-corrected chi connectivity index (χ1v) is 7.21. The Bertz CT molecular complexity index is 188. The molecular formula is C12H22O2S. The molecule has 1 unspecified atom stereocenters. The fourth-order valence-corrected chi connectivity index (χ4v) is 3.16. The molecule has 1 aliphatic carbocycles. The molecule has 1 saturated carbocycles. The number of carboxylic acid groups (broad SMARTS) is 1. The van der Waals surface area contributed by atoms with E-state index in [-0.39, 0.29) is 5.92 Å². The molecule has 0 amide bonds. The Labute approximate surface area is 96.8 Å². The third-order valence-electron chi connectivity index (χ3n) is 3.31. The van der Waals surface area contributed by atoms with Crippen LogP contribution < -0.4 is 0 Å². The zero-order valence-electron chi connectivity index (χ0n) is 9.58. The Hall–Kier alpha value is -0.180. The van der Waals surface area contributed by atoms with Gasteiger partial charge in [0.1, 0.15) is 0 Å². The van der Waals surface area contributed by atoms with Crippen molar-refractivity contribution in [2.24, 2.45) is 11.8 Å². The number of thioether (sulfide) groups is 1. The SMILES string of the molecule is CCSCCC(C(=O)O)C1CCCCC1. The van der Waals surface area contributed by atoms with Crippen molar-refractivity contribution < 1.29 is 9.90 Å². The molecule has 2 nitrogen and oxygen atoms in total. The van der Waals surface area contributed by atoms with Crippen molar-refractivity contribution >= 4 is 17.7 Å². The quantitative estimate of drug-likeness (QED) is 0.710. The monoisotopic (exact) mass is 230 g/mol. The first-order valence-electron chi connectivity index (χ1n) is 6.06. The maximum atomic E-state index is 11.2. The molecule has 0 aromatic rings. The first-order chi connectivity index (χ1) is 7.25. The van der Waals surface area contributed by atoms with Gasteiger partial charge in [-0.2, -0.15) is 11.8 Å².